The van der Waals surface area contributed by atoms with Crippen LogP contribution in [0.2, 0.25) is 0 Å². The van der Waals surface area contributed by atoms with Crippen LogP contribution < -0.4 is 5.32 Å². The maximum Gasteiger partial charge on any atom is 0.0247 e. The summed E-state index contributed by atoms with van der Waals surface area (Å²) in [6.45, 7) is 14.4. The van der Waals surface area contributed by atoms with Crippen molar-refractivity contribution < 1.29 is 0 Å². The Morgan fingerprint density at radius 3 is 2.69 bits per heavy atom. The minimum atomic E-state index is 0.730. The summed E-state index contributed by atoms with van der Waals surface area (Å²) < 4.78 is 0. The fourth-order valence-electron chi connectivity index (χ4n) is 3.26. The van der Waals surface area contributed by atoms with E-state index in [1.807, 2.05) is 0 Å². The molecule has 0 aromatic carbocycles. The number of likely N-dealkylation sites (N-methyl/N-ethyl adjacent to an activating group) is 1. The predicted molar refractivity (Wildman–Crippen MR) is 68.7 cm³/mol. The standard InChI is InChI=1S/C13H27N3/c1-4-15-7-8-16(10-12(15)3)13-9-14-6-5-11(13)2/h11-14H,4-10H2,1-3H3. The molecule has 94 valence electrons. The van der Waals surface area contributed by atoms with Crippen LogP contribution in [0.25, 0.3) is 0 Å². The molecular formula is C13H27N3. The first-order valence-electron chi connectivity index (χ1n) is 6.91. The van der Waals surface area contributed by atoms with Gasteiger partial charge in [0.15, 0.2) is 0 Å². The quantitative estimate of drug-likeness (QED) is 0.757. The lowest BCUT2D eigenvalue weighted by atomic mass is 9.92. The Morgan fingerprint density at radius 1 is 1.25 bits per heavy atom. The Kier molecular flexibility index (Phi) is 4.22. The summed E-state index contributed by atoms with van der Waals surface area (Å²) >= 11 is 0. The lowest BCUT2D eigenvalue weighted by molar-refractivity contribution is 0.0328. The van der Waals surface area contributed by atoms with Crippen molar-refractivity contribution in [3.05, 3.63) is 0 Å². The smallest absolute Gasteiger partial charge is 0.0247 e. The molecule has 0 bridgehead atoms. The minimum absolute atomic E-state index is 0.730. The molecule has 0 aromatic heterocycles. The van der Waals surface area contributed by atoms with Crippen LogP contribution in [0.3, 0.4) is 0 Å². The van der Waals surface area contributed by atoms with Crippen molar-refractivity contribution in [1.82, 2.24) is 15.1 Å². The molecule has 1 N–H and O–H groups in total. The van der Waals surface area contributed by atoms with Crippen LogP contribution in [0.4, 0.5) is 0 Å². The Balaban J connectivity index is 1.90. The fourth-order valence-corrected chi connectivity index (χ4v) is 3.26. The second kappa shape index (κ2) is 5.48. The highest BCUT2D eigenvalue weighted by Gasteiger charge is 2.31. The number of hydrogen-bond donors (Lipinski definition) is 1. The van der Waals surface area contributed by atoms with Crippen LogP contribution in [0.15, 0.2) is 0 Å². The van der Waals surface area contributed by atoms with E-state index in [1.54, 1.807) is 0 Å². The molecule has 3 unspecified atom stereocenters. The van der Waals surface area contributed by atoms with E-state index in [0.717, 1.165) is 18.0 Å². The van der Waals surface area contributed by atoms with Gasteiger partial charge in [-0.1, -0.05) is 13.8 Å². The van der Waals surface area contributed by atoms with Crippen LogP contribution in [0.1, 0.15) is 27.2 Å². The van der Waals surface area contributed by atoms with Gasteiger partial charge in [-0.15, -0.1) is 0 Å². The zero-order chi connectivity index (χ0) is 11.5. The van der Waals surface area contributed by atoms with Crippen LogP contribution in [-0.4, -0.2) is 61.2 Å². The number of piperidine rings is 1. The molecule has 16 heavy (non-hydrogen) atoms. The topological polar surface area (TPSA) is 18.5 Å². The molecule has 3 atom stereocenters. The summed E-state index contributed by atoms with van der Waals surface area (Å²) in [7, 11) is 0. The maximum atomic E-state index is 3.55. The molecule has 3 heteroatoms. The van der Waals surface area contributed by atoms with Crippen molar-refractivity contribution in [2.75, 3.05) is 39.3 Å². The number of nitrogens with one attached hydrogen (secondary N) is 1. The highest BCUT2D eigenvalue weighted by atomic mass is 15.3. The van der Waals surface area contributed by atoms with Gasteiger partial charge in [0.25, 0.3) is 0 Å². The first-order valence-corrected chi connectivity index (χ1v) is 6.91. The van der Waals surface area contributed by atoms with Crippen LogP contribution in [0.5, 0.6) is 0 Å². The molecule has 0 amide bonds. The van der Waals surface area contributed by atoms with Gasteiger partial charge >= 0.3 is 0 Å². The Morgan fingerprint density at radius 2 is 2.06 bits per heavy atom. The van der Waals surface area contributed by atoms with Crippen LogP contribution >= 0.6 is 0 Å². The normalized spacial score (nSPS) is 38.8. The SMILES string of the molecule is CCN1CCN(C2CNCCC2C)CC1C. The first kappa shape index (κ1) is 12.3. The molecular weight excluding hydrogens is 198 g/mol. The van der Waals surface area contributed by atoms with E-state index in [4.69, 9.17) is 0 Å². The van der Waals surface area contributed by atoms with Crippen LogP contribution in [-0.2, 0) is 0 Å². The average Bonchev–Trinajstić information content (AvgIpc) is 2.29. The monoisotopic (exact) mass is 225 g/mol. The van der Waals surface area contributed by atoms with E-state index in [9.17, 15) is 0 Å². The lowest BCUT2D eigenvalue weighted by Crippen LogP contribution is -2.59. The van der Waals surface area contributed by atoms with Gasteiger partial charge in [0, 0.05) is 38.3 Å². The third kappa shape index (κ3) is 2.58. The molecule has 0 spiro atoms. The minimum Gasteiger partial charge on any atom is -0.315 e. The molecule has 3 nitrogen and oxygen atoms in total. The molecule has 2 aliphatic rings. The van der Waals surface area contributed by atoms with E-state index in [1.165, 1.54) is 45.7 Å². The molecule has 2 heterocycles. The Bertz CT molecular complexity index is 219. The summed E-state index contributed by atoms with van der Waals surface area (Å²) in [4.78, 5) is 5.31. The molecule has 0 aromatic rings. The van der Waals surface area contributed by atoms with Crippen molar-refractivity contribution in [3.63, 3.8) is 0 Å². The largest absolute Gasteiger partial charge is 0.315 e. The fraction of sp³-hybridized carbons (Fsp3) is 1.00. The summed E-state index contributed by atoms with van der Waals surface area (Å²) in [6.07, 6.45) is 1.34. The van der Waals surface area contributed by atoms with E-state index in [0.29, 0.717) is 0 Å². The second-order valence-electron chi connectivity index (χ2n) is 5.51. The maximum absolute atomic E-state index is 3.55. The van der Waals surface area contributed by atoms with Gasteiger partial charge in [-0.05, 0) is 32.4 Å². The molecule has 2 aliphatic heterocycles. The summed E-state index contributed by atoms with van der Waals surface area (Å²) in [5, 5.41) is 3.55. The van der Waals surface area contributed by atoms with E-state index in [-0.39, 0.29) is 0 Å². The van der Waals surface area contributed by atoms with Crippen molar-refractivity contribution in [3.8, 4) is 0 Å². The number of rotatable bonds is 2. The van der Waals surface area contributed by atoms with Gasteiger partial charge < -0.3 is 5.32 Å². The molecule has 0 aliphatic carbocycles. The molecule has 0 radical (unpaired) electrons. The third-order valence-electron chi connectivity index (χ3n) is 4.46. The van der Waals surface area contributed by atoms with Crippen molar-refractivity contribution in [2.24, 2.45) is 5.92 Å². The summed E-state index contributed by atoms with van der Waals surface area (Å²) in [6, 6.07) is 1.50. The third-order valence-corrected chi connectivity index (χ3v) is 4.46. The lowest BCUT2D eigenvalue weighted by Gasteiger charge is -2.46. The van der Waals surface area contributed by atoms with Gasteiger partial charge in [-0.3, -0.25) is 9.80 Å². The zero-order valence-corrected chi connectivity index (χ0v) is 11.1. The molecule has 2 saturated heterocycles. The second-order valence-corrected chi connectivity index (χ2v) is 5.51. The van der Waals surface area contributed by atoms with Crippen molar-refractivity contribution >= 4 is 0 Å². The number of nitrogens with zero attached hydrogens (tertiary/aromatic N) is 2. The predicted octanol–water partition coefficient (Wildman–Crippen LogP) is 1.01. The molecule has 0 saturated carbocycles. The Labute approximate surface area is 100 Å². The van der Waals surface area contributed by atoms with Gasteiger partial charge in [-0.25, -0.2) is 0 Å². The van der Waals surface area contributed by atoms with Gasteiger partial charge in [0.05, 0.1) is 0 Å². The highest BCUT2D eigenvalue weighted by Crippen LogP contribution is 2.20. The Hall–Kier alpha value is -0.120. The summed E-state index contributed by atoms with van der Waals surface area (Å²) in [5.41, 5.74) is 0. The average molecular weight is 225 g/mol. The van der Waals surface area contributed by atoms with Gasteiger partial charge in [-0.2, -0.15) is 0 Å². The molecule has 2 rings (SSSR count). The summed E-state index contributed by atoms with van der Waals surface area (Å²) in [5.74, 6) is 0.863. The highest BCUT2D eigenvalue weighted by molar-refractivity contribution is 4.88. The van der Waals surface area contributed by atoms with Gasteiger partial charge in [0.1, 0.15) is 0 Å². The number of hydrogen-bond acceptors (Lipinski definition) is 3. The van der Waals surface area contributed by atoms with E-state index in [2.05, 4.69) is 35.9 Å². The number of piperazine rings is 1. The van der Waals surface area contributed by atoms with Crippen molar-refractivity contribution in [1.29, 1.82) is 0 Å². The first-order chi connectivity index (χ1) is 7.72. The van der Waals surface area contributed by atoms with Crippen LogP contribution in [0, 0.1) is 5.92 Å². The van der Waals surface area contributed by atoms with Crippen molar-refractivity contribution in [2.45, 2.75) is 39.3 Å². The van der Waals surface area contributed by atoms with E-state index >= 15 is 0 Å². The van der Waals surface area contributed by atoms with E-state index < -0.39 is 0 Å². The molecule has 2 fully saturated rings. The zero-order valence-electron chi connectivity index (χ0n) is 11.1. The van der Waals surface area contributed by atoms with Gasteiger partial charge in [0.2, 0.25) is 0 Å².